The van der Waals surface area contributed by atoms with Gasteiger partial charge in [0.25, 0.3) is 0 Å². The van der Waals surface area contributed by atoms with Crippen LogP contribution in [0.4, 0.5) is 0 Å². The zero-order chi connectivity index (χ0) is 19.3. The van der Waals surface area contributed by atoms with Crippen LogP contribution >= 0.6 is 0 Å². The first-order chi connectivity index (χ1) is 11.3. The van der Waals surface area contributed by atoms with Crippen LogP contribution in [0.3, 0.4) is 0 Å². The van der Waals surface area contributed by atoms with Gasteiger partial charge < -0.3 is 9.47 Å². The molecule has 0 saturated heterocycles. The van der Waals surface area contributed by atoms with Crippen molar-refractivity contribution in [3.8, 4) is 0 Å². The Morgan fingerprint density at radius 3 is 2.12 bits per heavy atom. The summed E-state index contributed by atoms with van der Waals surface area (Å²) >= 11 is 0. The number of esters is 2. The molecule has 4 atom stereocenters. The van der Waals surface area contributed by atoms with Crippen LogP contribution in [0.25, 0.3) is 0 Å². The van der Waals surface area contributed by atoms with Gasteiger partial charge in [0.1, 0.15) is 6.10 Å². The second kappa shape index (κ2) is 6.28. The highest BCUT2D eigenvalue weighted by atomic mass is 16.5. The maximum absolute atomic E-state index is 13.0. The number of hydrogen-bond acceptors (Lipinski definition) is 4. The lowest BCUT2D eigenvalue weighted by Gasteiger charge is -2.40. The van der Waals surface area contributed by atoms with Crippen molar-refractivity contribution in [2.45, 2.75) is 86.7 Å². The molecule has 0 spiro atoms. The fourth-order valence-corrected chi connectivity index (χ4v) is 5.23. The van der Waals surface area contributed by atoms with E-state index in [-0.39, 0.29) is 28.9 Å². The van der Waals surface area contributed by atoms with Crippen LogP contribution in [-0.4, -0.2) is 25.2 Å². The van der Waals surface area contributed by atoms with Gasteiger partial charge in [0.15, 0.2) is 0 Å². The summed E-state index contributed by atoms with van der Waals surface area (Å²) < 4.78 is 11.0. The van der Waals surface area contributed by atoms with Gasteiger partial charge in [-0.15, -0.1) is 0 Å². The molecule has 0 aromatic rings. The molecule has 4 nitrogen and oxygen atoms in total. The summed E-state index contributed by atoms with van der Waals surface area (Å²) in [5.41, 5.74) is -1.12. The van der Waals surface area contributed by atoms with E-state index in [2.05, 4.69) is 20.8 Å². The molecule has 0 amide bonds. The number of rotatable bonds is 6. The monoisotopic (exact) mass is 352 g/mol. The zero-order valence-corrected chi connectivity index (χ0v) is 17.3. The number of methoxy groups -OCH3 is 1. The molecule has 4 heteroatoms. The molecule has 0 heterocycles. The van der Waals surface area contributed by atoms with Crippen molar-refractivity contribution in [2.24, 2.45) is 27.6 Å². The minimum atomic E-state index is -0.721. The highest BCUT2D eigenvalue weighted by molar-refractivity contribution is 5.80. The second-order valence-electron chi connectivity index (χ2n) is 9.97. The van der Waals surface area contributed by atoms with Gasteiger partial charge in [0.2, 0.25) is 0 Å². The highest BCUT2D eigenvalue weighted by Crippen LogP contribution is 2.66. The zero-order valence-electron chi connectivity index (χ0n) is 17.3. The second-order valence-corrected chi connectivity index (χ2v) is 9.97. The Morgan fingerprint density at radius 1 is 1.12 bits per heavy atom. The topological polar surface area (TPSA) is 52.6 Å². The third-order valence-corrected chi connectivity index (χ3v) is 7.81. The molecule has 0 aliphatic heterocycles. The lowest BCUT2D eigenvalue weighted by Crippen LogP contribution is -2.43. The summed E-state index contributed by atoms with van der Waals surface area (Å²) in [6.45, 7) is 14.5. The number of hydrogen-bond donors (Lipinski definition) is 0. The summed E-state index contributed by atoms with van der Waals surface area (Å²) in [7, 11) is 1.40. The van der Waals surface area contributed by atoms with E-state index in [4.69, 9.17) is 9.47 Å². The molecule has 2 bridgehead atoms. The average Bonchev–Trinajstić information content (AvgIpc) is 2.86. The fourth-order valence-electron chi connectivity index (χ4n) is 5.23. The Labute approximate surface area is 153 Å². The van der Waals surface area contributed by atoms with Gasteiger partial charge in [-0.25, -0.2) is 0 Å². The molecule has 4 unspecified atom stereocenters. The van der Waals surface area contributed by atoms with Crippen LogP contribution in [0.2, 0.25) is 0 Å². The van der Waals surface area contributed by atoms with E-state index >= 15 is 0 Å². The standard InChI is InChI=1S/C21H36O4/c1-9-20(6,17(23)24-8)13-18(2,3)16(22)25-15-12-14-10-11-21(15,7)19(14,4)5/h14-15H,9-13H2,1-8H3. The van der Waals surface area contributed by atoms with Crippen molar-refractivity contribution in [3.63, 3.8) is 0 Å². The van der Waals surface area contributed by atoms with Gasteiger partial charge in [-0.2, -0.15) is 0 Å². The fraction of sp³-hybridized carbons (Fsp3) is 0.905. The first kappa shape index (κ1) is 20.3. The summed E-state index contributed by atoms with van der Waals surface area (Å²) in [5, 5.41) is 0. The molecule has 2 aliphatic rings. The van der Waals surface area contributed by atoms with E-state index in [1.54, 1.807) is 0 Å². The highest BCUT2D eigenvalue weighted by Gasteiger charge is 2.63. The number of fused-ring (bicyclic) bond motifs is 2. The third kappa shape index (κ3) is 3.10. The van der Waals surface area contributed by atoms with E-state index in [9.17, 15) is 9.59 Å². The van der Waals surface area contributed by atoms with Crippen molar-refractivity contribution in [3.05, 3.63) is 0 Å². The van der Waals surface area contributed by atoms with Gasteiger partial charge in [-0.3, -0.25) is 9.59 Å². The lowest BCUT2D eigenvalue weighted by atomic mass is 9.69. The van der Waals surface area contributed by atoms with Gasteiger partial charge in [-0.05, 0) is 64.2 Å². The average molecular weight is 353 g/mol. The number of carbonyl (C=O) groups is 2. The van der Waals surface area contributed by atoms with E-state index < -0.39 is 10.8 Å². The van der Waals surface area contributed by atoms with Crippen molar-refractivity contribution in [1.29, 1.82) is 0 Å². The Kier molecular flexibility index (Phi) is 5.09. The van der Waals surface area contributed by atoms with Crippen molar-refractivity contribution in [1.82, 2.24) is 0 Å². The van der Waals surface area contributed by atoms with Crippen LogP contribution in [0.5, 0.6) is 0 Å². The van der Waals surface area contributed by atoms with Crippen LogP contribution in [-0.2, 0) is 19.1 Å². The van der Waals surface area contributed by atoms with Gasteiger partial charge >= 0.3 is 11.9 Å². The van der Waals surface area contributed by atoms with Crippen molar-refractivity contribution in [2.75, 3.05) is 7.11 Å². The Morgan fingerprint density at radius 2 is 1.72 bits per heavy atom. The number of carbonyl (C=O) groups excluding carboxylic acids is 2. The molecule has 0 N–H and O–H groups in total. The quantitative estimate of drug-likeness (QED) is 0.647. The maximum Gasteiger partial charge on any atom is 0.311 e. The predicted molar refractivity (Wildman–Crippen MR) is 97.9 cm³/mol. The van der Waals surface area contributed by atoms with Crippen molar-refractivity contribution >= 4 is 11.9 Å². The molecule has 2 rings (SSSR count). The van der Waals surface area contributed by atoms with Crippen LogP contribution in [0.1, 0.15) is 80.6 Å². The van der Waals surface area contributed by atoms with Gasteiger partial charge in [0, 0.05) is 5.41 Å². The van der Waals surface area contributed by atoms with E-state index in [0.717, 1.165) is 12.8 Å². The SMILES string of the molecule is CCC(C)(CC(C)(C)C(=O)OC1CC2CCC1(C)C2(C)C)C(=O)OC. The normalized spacial score (nSPS) is 33.0. The Hall–Kier alpha value is -1.06. The van der Waals surface area contributed by atoms with Crippen molar-refractivity contribution < 1.29 is 19.1 Å². The van der Waals surface area contributed by atoms with E-state index in [0.29, 0.717) is 18.8 Å². The largest absolute Gasteiger partial charge is 0.469 e. The smallest absolute Gasteiger partial charge is 0.311 e. The third-order valence-electron chi connectivity index (χ3n) is 7.81. The summed E-state index contributed by atoms with van der Waals surface area (Å²) in [5.74, 6) is 0.184. The Balaban J connectivity index is 2.11. The van der Waals surface area contributed by atoms with Crippen LogP contribution in [0.15, 0.2) is 0 Å². The van der Waals surface area contributed by atoms with Gasteiger partial charge in [-0.1, -0.05) is 27.7 Å². The number of ether oxygens (including phenoxy) is 2. The summed E-state index contributed by atoms with van der Waals surface area (Å²) in [6, 6.07) is 0. The molecule has 0 aromatic heterocycles. The molecular weight excluding hydrogens is 316 g/mol. The molecule has 25 heavy (non-hydrogen) atoms. The first-order valence-corrected chi connectivity index (χ1v) is 9.63. The Bertz CT molecular complexity index is 550. The minimum Gasteiger partial charge on any atom is -0.469 e. The molecule has 0 aromatic carbocycles. The summed E-state index contributed by atoms with van der Waals surface area (Å²) in [4.78, 5) is 25.2. The van der Waals surface area contributed by atoms with Gasteiger partial charge in [0.05, 0.1) is 17.9 Å². The van der Waals surface area contributed by atoms with E-state index in [1.807, 2.05) is 27.7 Å². The maximum atomic E-state index is 13.0. The predicted octanol–water partition coefficient (Wildman–Crippen LogP) is 4.75. The van der Waals surface area contributed by atoms with E-state index in [1.165, 1.54) is 13.5 Å². The first-order valence-electron chi connectivity index (χ1n) is 9.63. The molecule has 2 aliphatic carbocycles. The lowest BCUT2D eigenvalue weighted by molar-refractivity contribution is -0.171. The minimum absolute atomic E-state index is 0.0148. The van der Waals surface area contributed by atoms with Crippen LogP contribution in [0, 0.1) is 27.6 Å². The molecule has 144 valence electrons. The molecule has 2 fully saturated rings. The van der Waals surface area contributed by atoms with Crippen LogP contribution < -0.4 is 0 Å². The summed E-state index contributed by atoms with van der Waals surface area (Å²) in [6.07, 6.45) is 4.37. The molecule has 0 radical (unpaired) electrons. The molecular formula is C21H36O4. The molecule has 2 saturated carbocycles.